The zero-order chi connectivity index (χ0) is 17.2. The Bertz CT molecular complexity index is 1070. The van der Waals surface area contributed by atoms with Crippen LogP contribution in [0.25, 0.3) is 22.2 Å². The van der Waals surface area contributed by atoms with Crippen LogP contribution >= 0.6 is 0 Å². The SMILES string of the molecule is Cc1cccc(C(=O)c2cc(-c3ccccc3)nc3ccccc23)c1. The molecule has 0 fully saturated rings. The lowest BCUT2D eigenvalue weighted by atomic mass is 9.96. The first-order valence-electron chi connectivity index (χ1n) is 8.29. The van der Waals surface area contributed by atoms with E-state index in [1.807, 2.05) is 91.9 Å². The second kappa shape index (κ2) is 6.33. The predicted molar refractivity (Wildman–Crippen MR) is 102 cm³/mol. The summed E-state index contributed by atoms with van der Waals surface area (Å²) in [5.41, 5.74) is 5.12. The van der Waals surface area contributed by atoms with Crippen LogP contribution in [0, 0.1) is 6.92 Å². The second-order valence-corrected chi connectivity index (χ2v) is 6.14. The maximum Gasteiger partial charge on any atom is 0.193 e. The molecule has 0 aliphatic carbocycles. The molecule has 120 valence electrons. The second-order valence-electron chi connectivity index (χ2n) is 6.14. The van der Waals surface area contributed by atoms with Crippen LogP contribution in [0.4, 0.5) is 0 Å². The Labute approximate surface area is 146 Å². The van der Waals surface area contributed by atoms with Crippen LogP contribution in [0.3, 0.4) is 0 Å². The lowest BCUT2D eigenvalue weighted by molar-refractivity contribution is 0.104. The van der Waals surface area contributed by atoms with Gasteiger partial charge in [-0.2, -0.15) is 0 Å². The lowest BCUT2D eigenvalue weighted by Crippen LogP contribution is -2.04. The number of carbonyl (C=O) groups excluding carboxylic acids is 1. The fraction of sp³-hybridized carbons (Fsp3) is 0.0435. The van der Waals surface area contributed by atoms with E-state index in [1.165, 1.54) is 0 Å². The minimum absolute atomic E-state index is 0.0273. The highest BCUT2D eigenvalue weighted by Crippen LogP contribution is 2.26. The van der Waals surface area contributed by atoms with Gasteiger partial charge in [0.2, 0.25) is 0 Å². The van der Waals surface area contributed by atoms with Crippen molar-refractivity contribution in [3.8, 4) is 11.3 Å². The normalized spacial score (nSPS) is 10.8. The highest BCUT2D eigenvalue weighted by atomic mass is 16.1. The molecule has 4 aromatic rings. The number of rotatable bonds is 3. The summed E-state index contributed by atoms with van der Waals surface area (Å²) in [6, 6.07) is 27.4. The van der Waals surface area contributed by atoms with E-state index in [4.69, 9.17) is 4.98 Å². The highest BCUT2D eigenvalue weighted by Gasteiger charge is 2.15. The van der Waals surface area contributed by atoms with E-state index in [2.05, 4.69) is 0 Å². The quantitative estimate of drug-likeness (QED) is 0.470. The zero-order valence-electron chi connectivity index (χ0n) is 13.9. The summed E-state index contributed by atoms with van der Waals surface area (Å²) in [5.74, 6) is 0.0273. The molecule has 0 aliphatic rings. The first-order chi connectivity index (χ1) is 12.2. The Balaban J connectivity index is 1.94. The van der Waals surface area contributed by atoms with Crippen LogP contribution in [0.2, 0.25) is 0 Å². The summed E-state index contributed by atoms with van der Waals surface area (Å²) >= 11 is 0. The molecule has 4 rings (SSSR count). The van der Waals surface area contributed by atoms with Gasteiger partial charge in [-0.3, -0.25) is 4.79 Å². The topological polar surface area (TPSA) is 30.0 Å². The molecule has 0 spiro atoms. The van der Waals surface area contributed by atoms with Gasteiger partial charge >= 0.3 is 0 Å². The fourth-order valence-electron chi connectivity index (χ4n) is 3.06. The standard InChI is InChI=1S/C23H17NO/c1-16-8-7-11-18(14-16)23(25)20-15-22(17-9-3-2-4-10-17)24-21-13-6-5-12-19(20)21/h2-15H,1H3. The molecule has 25 heavy (non-hydrogen) atoms. The van der Waals surface area contributed by atoms with E-state index in [0.29, 0.717) is 11.1 Å². The van der Waals surface area contributed by atoms with Gasteiger partial charge in [0.15, 0.2) is 5.78 Å². The number of para-hydroxylation sites is 1. The smallest absolute Gasteiger partial charge is 0.193 e. The largest absolute Gasteiger partial charge is 0.289 e. The molecular formula is C23H17NO. The Hall–Kier alpha value is -3.26. The molecule has 0 bridgehead atoms. The van der Waals surface area contributed by atoms with E-state index < -0.39 is 0 Å². The average molecular weight is 323 g/mol. The average Bonchev–Trinajstić information content (AvgIpc) is 2.67. The summed E-state index contributed by atoms with van der Waals surface area (Å²) < 4.78 is 0. The Morgan fingerprint density at radius 2 is 1.56 bits per heavy atom. The Morgan fingerprint density at radius 3 is 2.36 bits per heavy atom. The van der Waals surface area contributed by atoms with Crippen molar-refractivity contribution in [2.45, 2.75) is 6.92 Å². The van der Waals surface area contributed by atoms with E-state index in [-0.39, 0.29) is 5.78 Å². The molecule has 3 aromatic carbocycles. The van der Waals surface area contributed by atoms with Gasteiger partial charge in [0.1, 0.15) is 0 Å². The summed E-state index contributed by atoms with van der Waals surface area (Å²) in [7, 11) is 0. The van der Waals surface area contributed by atoms with Gasteiger partial charge in [-0.05, 0) is 25.1 Å². The number of carbonyl (C=O) groups is 1. The first kappa shape index (κ1) is 15.3. The molecule has 2 heteroatoms. The number of ketones is 1. The molecule has 0 aliphatic heterocycles. The van der Waals surface area contributed by atoms with Crippen LogP contribution < -0.4 is 0 Å². The number of nitrogens with zero attached hydrogens (tertiary/aromatic N) is 1. The molecule has 0 atom stereocenters. The minimum Gasteiger partial charge on any atom is -0.289 e. The van der Waals surface area contributed by atoms with Crippen LogP contribution in [0.1, 0.15) is 21.5 Å². The van der Waals surface area contributed by atoms with Crippen molar-refractivity contribution < 1.29 is 4.79 Å². The number of hydrogen-bond donors (Lipinski definition) is 0. The third kappa shape index (κ3) is 2.94. The molecule has 0 N–H and O–H groups in total. The Kier molecular flexibility index (Phi) is 3.87. The molecule has 0 unspecified atom stereocenters. The van der Waals surface area contributed by atoms with Gasteiger partial charge in [-0.15, -0.1) is 0 Å². The molecule has 0 saturated heterocycles. The third-order valence-corrected chi connectivity index (χ3v) is 4.31. The zero-order valence-corrected chi connectivity index (χ0v) is 13.9. The number of benzene rings is 3. The van der Waals surface area contributed by atoms with Crippen molar-refractivity contribution >= 4 is 16.7 Å². The van der Waals surface area contributed by atoms with Gasteiger partial charge < -0.3 is 0 Å². The van der Waals surface area contributed by atoms with Crippen LogP contribution in [-0.4, -0.2) is 10.8 Å². The Morgan fingerprint density at radius 1 is 0.800 bits per heavy atom. The lowest BCUT2D eigenvalue weighted by Gasteiger charge is -2.10. The number of aryl methyl sites for hydroxylation is 1. The fourth-order valence-corrected chi connectivity index (χ4v) is 3.06. The van der Waals surface area contributed by atoms with Crippen LogP contribution in [0.5, 0.6) is 0 Å². The number of hydrogen-bond acceptors (Lipinski definition) is 2. The molecule has 0 radical (unpaired) electrons. The maximum absolute atomic E-state index is 13.2. The minimum atomic E-state index is 0.0273. The van der Waals surface area contributed by atoms with Crippen molar-refractivity contribution in [2.75, 3.05) is 0 Å². The van der Waals surface area contributed by atoms with Crippen molar-refractivity contribution in [1.82, 2.24) is 4.98 Å². The number of fused-ring (bicyclic) bond motifs is 1. The van der Waals surface area contributed by atoms with Gasteiger partial charge in [0.05, 0.1) is 11.2 Å². The molecule has 1 heterocycles. The van der Waals surface area contributed by atoms with Crippen LogP contribution in [-0.2, 0) is 0 Å². The monoisotopic (exact) mass is 323 g/mol. The van der Waals surface area contributed by atoms with Gasteiger partial charge in [0.25, 0.3) is 0 Å². The first-order valence-corrected chi connectivity index (χ1v) is 8.29. The van der Waals surface area contributed by atoms with E-state index in [0.717, 1.165) is 27.7 Å². The molecule has 2 nitrogen and oxygen atoms in total. The number of aromatic nitrogens is 1. The van der Waals surface area contributed by atoms with Crippen molar-refractivity contribution in [2.24, 2.45) is 0 Å². The third-order valence-electron chi connectivity index (χ3n) is 4.31. The van der Waals surface area contributed by atoms with Gasteiger partial charge in [-0.1, -0.05) is 72.3 Å². The van der Waals surface area contributed by atoms with E-state index in [9.17, 15) is 4.79 Å². The van der Waals surface area contributed by atoms with Crippen molar-refractivity contribution in [3.05, 3.63) is 102 Å². The van der Waals surface area contributed by atoms with Crippen molar-refractivity contribution in [1.29, 1.82) is 0 Å². The van der Waals surface area contributed by atoms with E-state index >= 15 is 0 Å². The molecule has 0 amide bonds. The summed E-state index contributed by atoms with van der Waals surface area (Å²) in [6.45, 7) is 2.00. The van der Waals surface area contributed by atoms with Gasteiger partial charge in [-0.25, -0.2) is 4.98 Å². The van der Waals surface area contributed by atoms with Crippen LogP contribution in [0.15, 0.2) is 84.9 Å². The molecular weight excluding hydrogens is 306 g/mol. The summed E-state index contributed by atoms with van der Waals surface area (Å²) in [6.07, 6.45) is 0. The summed E-state index contributed by atoms with van der Waals surface area (Å²) in [5, 5.41) is 0.883. The van der Waals surface area contributed by atoms with E-state index in [1.54, 1.807) is 0 Å². The molecule has 1 aromatic heterocycles. The van der Waals surface area contributed by atoms with Gasteiger partial charge in [0, 0.05) is 22.1 Å². The number of pyridine rings is 1. The maximum atomic E-state index is 13.2. The highest BCUT2D eigenvalue weighted by molar-refractivity contribution is 6.16. The van der Waals surface area contributed by atoms with Crippen molar-refractivity contribution in [3.63, 3.8) is 0 Å². The predicted octanol–water partition coefficient (Wildman–Crippen LogP) is 5.44. The summed E-state index contributed by atoms with van der Waals surface area (Å²) in [4.78, 5) is 17.9. The molecule has 0 saturated carbocycles.